The van der Waals surface area contributed by atoms with Crippen LogP contribution >= 0.6 is 15.9 Å². The second kappa shape index (κ2) is 9.64. The summed E-state index contributed by atoms with van der Waals surface area (Å²) in [5.74, 6) is -6.03. The standard InChI is InChI=1S/C19H13BrF7N3O2/c1-31-15-7-13(9-29-30-19(26,27)17(21,22)18(23,24)25)6-14(20)16(15)32-10-12-4-2-11(8-28)3-5-12/h2-7,9,30H,10H2,1H3/b29-9-. The molecule has 1 N–H and O–H groups in total. The lowest BCUT2D eigenvalue weighted by atomic mass is 10.1. The van der Waals surface area contributed by atoms with Crippen molar-refractivity contribution in [3.05, 3.63) is 57.6 Å². The number of alkyl halides is 7. The van der Waals surface area contributed by atoms with Crippen molar-refractivity contribution in [1.82, 2.24) is 5.43 Å². The lowest BCUT2D eigenvalue weighted by molar-refractivity contribution is -0.361. The molecule has 0 aliphatic carbocycles. The summed E-state index contributed by atoms with van der Waals surface area (Å²) in [5, 5.41) is 11.6. The predicted molar refractivity (Wildman–Crippen MR) is 103 cm³/mol. The molecular formula is C19H13BrF7N3O2. The van der Waals surface area contributed by atoms with Crippen LogP contribution in [-0.2, 0) is 6.61 Å². The van der Waals surface area contributed by atoms with Gasteiger partial charge in [0, 0.05) is 0 Å². The first kappa shape index (κ1) is 25.3. The van der Waals surface area contributed by atoms with Crippen molar-refractivity contribution in [2.75, 3.05) is 7.11 Å². The summed E-state index contributed by atoms with van der Waals surface area (Å²) >= 11 is 3.18. The molecule has 0 fully saturated rings. The van der Waals surface area contributed by atoms with E-state index in [0.717, 1.165) is 5.56 Å². The molecule has 172 valence electrons. The van der Waals surface area contributed by atoms with Crippen molar-refractivity contribution >= 4 is 22.1 Å². The number of nitriles is 1. The van der Waals surface area contributed by atoms with Crippen LogP contribution in [0.15, 0.2) is 46.0 Å². The number of nitrogens with one attached hydrogen (secondary N) is 1. The second-order valence-electron chi connectivity index (χ2n) is 6.15. The highest BCUT2D eigenvalue weighted by Crippen LogP contribution is 2.45. The van der Waals surface area contributed by atoms with Gasteiger partial charge in [0.05, 0.1) is 29.4 Å². The number of halogens is 8. The fraction of sp³-hybridized carbons (Fsp3) is 0.263. The minimum Gasteiger partial charge on any atom is -0.493 e. The van der Waals surface area contributed by atoms with Crippen molar-refractivity contribution in [1.29, 1.82) is 5.26 Å². The van der Waals surface area contributed by atoms with Gasteiger partial charge in [-0.1, -0.05) is 12.1 Å². The van der Waals surface area contributed by atoms with Crippen LogP contribution in [0.1, 0.15) is 16.7 Å². The van der Waals surface area contributed by atoms with Gasteiger partial charge in [-0.3, -0.25) is 0 Å². The summed E-state index contributed by atoms with van der Waals surface area (Å²) < 4.78 is 99.7. The molecule has 0 heterocycles. The summed E-state index contributed by atoms with van der Waals surface area (Å²) in [6, 6.07) is 5.36. The van der Waals surface area contributed by atoms with Gasteiger partial charge >= 0.3 is 18.1 Å². The minimum absolute atomic E-state index is 0.0260. The third-order valence-corrected chi connectivity index (χ3v) is 4.48. The molecule has 5 nitrogen and oxygen atoms in total. The van der Waals surface area contributed by atoms with E-state index in [1.165, 1.54) is 19.2 Å². The zero-order valence-electron chi connectivity index (χ0n) is 16.0. The SMILES string of the molecule is COc1cc(/C=N\NC(F)(F)C(F)(F)C(F)(F)F)cc(Br)c1OCc1ccc(C#N)cc1. The number of methoxy groups -OCH3 is 1. The van der Waals surface area contributed by atoms with E-state index in [2.05, 4.69) is 21.0 Å². The molecule has 0 bridgehead atoms. The molecule has 0 aromatic heterocycles. The van der Waals surface area contributed by atoms with E-state index in [4.69, 9.17) is 14.7 Å². The molecule has 32 heavy (non-hydrogen) atoms. The van der Waals surface area contributed by atoms with Crippen molar-refractivity contribution < 1.29 is 40.2 Å². The molecule has 0 unspecified atom stereocenters. The van der Waals surface area contributed by atoms with Crippen LogP contribution in [0, 0.1) is 11.3 Å². The molecule has 2 aromatic carbocycles. The van der Waals surface area contributed by atoms with Gasteiger partial charge in [0.25, 0.3) is 0 Å². The Bertz CT molecular complexity index is 1020. The number of rotatable bonds is 8. The maximum atomic E-state index is 13.2. The molecule has 0 atom stereocenters. The highest BCUT2D eigenvalue weighted by atomic mass is 79.9. The lowest BCUT2D eigenvalue weighted by Crippen LogP contribution is -2.58. The van der Waals surface area contributed by atoms with Crippen LogP contribution < -0.4 is 14.9 Å². The van der Waals surface area contributed by atoms with Gasteiger partial charge in [-0.15, -0.1) is 0 Å². The monoisotopic (exact) mass is 527 g/mol. The van der Waals surface area contributed by atoms with E-state index in [0.29, 0.717) is 17.2 Å². The number of nitrogens with zero attached hydrogens (tertiary/aromatic N) is 2. The van der Waals surface area contributed by atoms with Crippen LogP contribution in [0.2, 0.25) is 0 Å². The number of ether oxygens (including phenoxy) is 2. The van der Waals surface area contributed by atoms with E-state index >= 15 is 0 Å². The Morgan fingerprint density at radius 1 is 1.09 bits per heavy atom. The van der Waals surface area contributed by atoms with Crippen LogP contribution in [0.4, 0.5) is 30.7 Å². The largest absolute Gasteiger partial charge is 0.493 e. The first-order valence-electron chi connectivity index (χ1n) is 8.44. The van der Waals surface area contributed by atoms with Gasteiger partial charge in [0.2, 0.25) is 0 Å². The third kappa shape index (κ3) is 5.61. The zero-order valence-corrected chi connectivity index (χ0v) is 17.6. The lowest BCUT2D eigenvalue weighted by Gasteiger charge is -2.27. The number of hydrogen-bond donors (Lipinski definition) is 1. The molecule has 0 radical (unpaired) electrons. The van der Waals surface area contributed by atoms with Crippen molar-refractivity contribution in [3.63, 3.8) is 0 Å². The van der Waals surface area contributed by atoms with E-state index in [1.807, 2.05) is 6.07 Å². The average molecular weight is 528 g/mol. The predicted octanol–water partition coefficient (Wildman–Crippen LogP) is 5.62. The fourth-order valence-electron chi connectivity index (χ4n) is 2.22. The Hall–Kier alpha value is -3.01. The molecule has 0 saturated carbocycles. The van der Waals surface area contributed by atoms with Crippen molar-refractivity contribution in [3.8, 4) is 17.6 Å². The van der Waals surface area contributed by atoms with Gasteiger partial charge < -0.3 is 9.47 Å². The summed E-state index contributed by atoms with van der Waals surface area (Å²) in [4.78, 5) is 0. The summed E-state index contributed by atoms with van der Waals surface area (Å²) in [6.07, 6.45) is -5.86. The second-order valence-corrected chi connectivity index (χ2v) is 7.00. The Balaban J connectivity index is 2.16. The van der Waals surface area contributed by atoms with E-state index in [-0.39, 0.29) is 28.1 Å². The highest BCUT2D eigenvalue weighted by Gasteiger charge is 2.73. The smallest absolute Gasteiger partial charge is 0.462 e. The first-order chi connectivity index (χ1) is 14.8. The zero-order chi connectivity index (χ0) is 24.2. The molecule has 0 amide bonds. The quantitative estimate of drug-likeness (QED) is 0.209. The maximum absolute atomic E-state index is 13.2. The molecule has 0 aliphatic heterocycles. The summed E-state index contributed by atoms with van der Waals surface area (Å²) in [6.45, 7) is 0.0778. The highest BCUT2D eigenvalue weighted by molar-refractivity contribution is 9.10. The number of hydrazone groups is 1. The molecule has 2 rings (SSSR count). The normalized spacial score (nSPS) is 12.5. The Labute approximate surface area is 185 Å². The molecule has 0 saturated heterocycles. The molecule has 0 spiro atoms. The van der Waals surface area contributed by atoms with Crippen LogP contribution in [0.3, 0.4) is 0 Å². The van der Waals surface area contributed by atoms with Crippen LogP contribution in [0.5, 0.6) is 11.5 Å². The van der Waals surface area contributed by atoms with E-state index in [1.54, 1.807) is 24.3 Å². The topological polar surface area (TPSA) is 66.6 Å². The number of hydrogen-bond acceptors (Lipinski definition) is 5. The molecule has 2 aromatic rings. The summed E-state index contributed by atoms with van der Waals surface area (Å²) in [5.41, 5.74) is 1.75. The van der Waals surface area contributed by atoms with E-state index in [9.17, 15) is 30.7 Å². The van der Waals surface area contributed by atoms with Gasteiger partial charge in [-0.25, -0.2) is 5.43 Å². The Morgan fingerprint density at radius 2 is 1.72 bits per heavy atom. The fourth-order valence-corrected chi connectivity index (χ4v) is 2.80. The third-order valence-electron chi connectivity index (χ3n) is 3.89. The number of benzene rings is 2. The molecule has 13 heteroatoms. The average Bonchev–Trinajstić information content (AvgIpc) is 2.72. The van der Waals surface area contributed by atoms with Crippen molar-refractivity contribution in [2.45, 2.75) is 24.8 Å². The summed E-state index contributed by atoms with van der Waals surface area (Å²) in [7, 11) is 1.27. The molecular weight excluding hydrogens is 515 g/mol. The van der Waals surface area contributed by atoms with Gasteiger partial charge in [0.1, 0.15) is 6.61 Å². The van der Waals surface area contributed by atoms with Crippen molar-refractivity contribution in [2.24, 2.45) is 5.10 Å². The van der Waals surface area contributed by atoms with Crippen LogP contribution in [0.25, 0.3) is 0 Å². The molecule has 0 aliphatic rings. The Morgan fingerprint density at radius 3 is 2.25 bits per heavy atom. The van der Waals surface area contributed by atoms with Crippen LogP contribution in [-0.4, -0.2) is 31.5 Å². The van der Waals surface area contributed by atoms with E-state index < -0.39 is 18.1 Å². The maximum Gasteiger partial charge on any atom is 0.462 e. The van der Waals surface area contributed by atoms with Gasteiger partial charge in [-0.05, 0) is 51.3 Å². The first-order valence-corrected chi connectivity index (χ1v) is 9.23. The van der Waals surface area contributed by atoms with Gasteiger partial charge in [0.15, 0.2) is 11.5 Å². The minimum atomic E-state index is -6.47. The Kier molecular flexibility index (Phi) is 7.61. The van der Waals surface area contributed by atoms with Gasteiger partial charge in [-0.2, -0.15) is 41.1 Å².